The summed E-state index contributed by atoms with van der Waals surface area (Å²) in [6.07, 6.45) is 25.7. The van der Waals surface area contributed by atoms with Crippen LogP contribution in [0.4, 0.5) is 4.79 Å². The summed E-state index contributed by atoms with van der Waals surface area (Å²) in [6, 6.07) is -3.38. The van der Waals surface area contributed by atoms with Gasteiger partial charge in [0.25, 0.3) is 0 Å². The molecule has 0 aromatic carbocycles. The van der Waals surface area contributed by atoms with Crippen molar-refractivity contribution in [3.8, 4) is 0 Å². The molecule has 42 heteroatoms. The fraction of sp³-hybridized carbons (Fsp3) is 0.609. The highest BCUT2D eigenvalue weighted by Crippen LogP contribution is 2.08. The van der Waals surface area contributed by atoms with Crippen molar-refractivity contribution in [3.05, 3.63) is 91.1 Å². The minimum atomic E-state index is -3.38. The highest BCUT2D eigenvalue weighted by Gasteiger charge is 2.22. The van der Waals surface area contributed by atoms with E-state index in [2.05, 4.69) is 103 Å². The third kappa shape index (κ3) is 61.2. The lowest BCUT2D eigenvalue weighted by molar-refractivity contribution is -0.137. The number of H-pyrrole nitrogens is 5. The van der Waals surface area contributed by atoms with Crippen molar-refractivity contribution >= 4 is 91.1 Å². The zero-order valence-corrected chi connectivity index (χ0v) is 67.9. The van der Waals surface area contributed by atoms with Crippen molar-refractivity contribution < 1.29 is 105 Å². The molecular formula is C69H120N18O22S2. The van der Waals surface area contributed by atoms with E-state index in [1.807, 2.05) is 7.05 Å². The first-order valence-electron chi connectivity index (χ1n) is 35.0. The number of aromatic amines is 5. The summed E-state index contributed by atoms with van der Waals surface area (Å²) in [4.78, 5) is 162. The number of rotatable bonds is 42. The number of likely N-dealkylation sites (N-methyl/N-ethyl adjacent to an activating group) is 4. The lowest BCUT2D eigenvalue weighted by Gasteiger charge is -2.14. The number of carbonyl (C=O) groups excluding carboxylic acids is 11. The minimum Gasteiger partial charge on any atom is -0.481 e. The van der Waals surface area contributed by atoms with Crippen molar-refractivity contribution in [2.24, 2.45) is 0 Å². The van der Waals surface area contributed by atoms with E-state index in [4.69, 9.17) is 25.5 Å². The number of sulfonamides is 2. The molecule has 5 rings (SSSR count). The third-order valence-corrected chi connectivity index (χ3v) is 16.2. The molecule has 5 aromatic rings. The molecule has 10 atom stereocenters. The minimum absolute atomic E-state index is 0.0347. The fourth-order valence-corrected chi connectivity index (χ4v) is 10.3. The first kappa shape index (κ1) is 108. The number of nitrogens with zero attached hydrogens (tertiary/aromatic N) is 5. The van der Waals surface area contributed by atoms with E-state index in [0.717, 1.165) is 36.0 Å². The van der Waals surface area contributed by atoms with Crippen LogP contribution in [0, 0.1) is 0 Å². The molecule has 0 unspecified atom stereocenters. The average molecular weight is 1620 g/mol. The summed E-state index contributed by atoms with van der Waals surface area (Å²) in [5.41, 5.74) is 3.73. The van der Waals surface area contributed by atoms with Crippen LogP contribution in [0.3, 0.4) is 0 Å². The van der Waals surface area contributed by atoms with Crippen LogP contribution in [-0.2, 0) is 110 Å². The number of aliphatic carboxylic acids is 1. The number of hydrogen-bond acceptors (Lipinski definition) is 30. The van der Waals surface area contributed by atoms with Gasteiger partial charge in [-0.3, -0.25) is 43.2 Å². The number of aliphatic hydroxyl groups is 4. The number of nitrogens with one attached hydrogen (secondary N) is 13. The zero-order chi connectivity index (χ0) is 85.7. The van der Waals surface area contributed by atoms with Crippen molar-refractivity contribution in [2.75, 3.05) is 61.0 Å². The average Bonchev–Trinajstić information content (AvgIpc) is 1.88. The highest BCUT2D eigenvalue weighted by atomic mass is 32.2. The number of carbonyl (C=O) groups is 12. The van der Waals surface area contributed by atoms with Gasteiger partial charge in [-0.25, -0.2) is 56.0 Å². The van der Waals surface area contributed by atoms with Crippen LogP contribution in [-0.4, -0.2) is 285 Å². The summed E-state index contributed by atoms with van der Waals surface area (Å²) in [5, 5.41) is 59.4. The Balaban J connectivity index is -0.000000583. The Morgan fingerprint density at radius 2 is 0.847 bits per heavy atom. The van der Waals surface area contributed by atoms with Gasteiger partial charge in [0, 0.05) is 105 Å². The normalized spacial score (nSPS) is 13.2. The first-order chi connectivity index (χ1) is 52.1. The maximum atomic E-state index is 11.2. The van der Waals surface area contributed by atoms with Crippen LogP contribution in [0.1, 0.15) is 149 Å². The van der Waals surface area contributed by atoms with Crippen LogP contribution in [0.2, 0.25) is 0 Å². The Kier molecular flexibility index (Phi) is 62.8. The number of aromatic nitrogens is 10. The smallest absolute Gasteiger partial charge is 0.407 e. The van der Waals surface area contributed by atoms with Gasteiger partial charge < -0.3 is 96.7 Å². The Hall–Kier alpha value is -9.21. The van der Waals surface area contributed by atoms with Crippen molar-refractivity contribution in [3.63, 3.8) is 0 Å². The number of Topliss-reactive ketones (excluding diaryl/α,β-unsaturated/α-hetero) is 7. The number of methoxy groups -OCH3 is 1. The van der Waals surface area contributed by atoms with Gasteiger partial charge in [-0.1, -0.05) is 32.6 Å². The second kappa shape index (κ2) is 64.5. The molecule has 0 aliphatic heterocycles. The molecule has 0 aliphatic rings. The molecule has 5 aromatic heterocycles. The topological polar surface area (TPSA) is 623 Å². The number of aldehydes is 2. The summed E-state index contributed by atoms with van der Waals surface area (Å²) in [7, 11) is 1.44. The number of carboxylic acid groups (broad SMARTS) is 1. The van der Waals surface area contributed by atoms with E-state index in [1.165, 1.54) is 106 Å². The number of unbranched alkanes of at least 4 members (excludes halogenated alkanes) is 3. The maximum Gasteiger partial charge on any atom is 0.407 e. The van der Waals surface area contributed by atoms with Gasteiger partial charge in [0.1, 0.15) is 54.2 Å². The van der Waals surface area contributed by atoms with Crippen LogP contribution >= 0.6 is 0 Å². The molecule has 0 aliphatic carbocycles. The van der Waals surface area contributed by atoms with Crippen LogP contribution in [0.5, 0.6) is 0 Å². The zero-order valence-electron chi connectivity index (χ0n) is 66.2. The van der Waals surface area contributed by atoms with Crippen LogP contribution in [0.15, 0.2) is 62.6 Å². The second-order valence-corrected chi connectivity index (χ2v) is 28.2. The molecule has 630 valence electrons. The quantitative estimate of drug-likeness (QED) is 0.0164. The highest BCUT2D eigenvalue weighted by molar-refractivity contribution is 7.89. The summed E-state index contributed by atoms with van der Waals surface area (Å²) >= 11 is 0. The first-order valence-corrected chi connectivity index (χ1v) is 38.7. The molecule has 2 amide bonds. The molecule has 111 heavy (non-hydrogen) atoms. The Labute approximate surface area is 649 Å². The summed E-state index contributed by atoms with van der Waals surface area (Å²) < 4.78 is 52.5. The lowest BCUT2D eigenvalue weighted by Crippen LogP contribution is -2.41. The molecule has 0 saturated heterocycles. The second-order valence-electron chi connectivity index (χ2n) is 24.6. The van der Waals surface area contributed by atoms with Crippen molar-refractivity contribution in [1.82, 2.24) is 91.2 Å². The number of ketones is 7. The van der Waals surface area contributed by atoms with E-state index in [9.17, 15) is 74.4 Å². The van der Waals surface area contributed by atoms with Crippen LogP contribution in [0.25, 0.3) is 0 Å². The molecule has 5 heterocycles. The van der Waals surface area contributed by atoms with Crippen molar-refractivity contribution in [2.45, 2.75) is 213 Å². The molecule has 0 radical (unpaired) electrons. The van der Waals surface area contributed by atoms with E-state index in [-0.39, 0.29) is 84.5 Å². The molecular weight excluding hydrogens is 1500 g/mol. The Morgan fingerprint density at radius 1 is 0.477 bits per heavy atom. The monoisotopic (exact) mass is 1620 g/mol. The summed E-state index contributed by atoms with van der Waals surface area (Å²) in [5.74, 6) is -1.60. The Morgan fingerprint density at radius 3 is 1.12 bits per heavy atom. The number of carboxylic acids is 1. The number of imidazole rings is 5. The lowest BCUT2D eigenvalue weighted by atomic mass is 10.1. The largest absolute Gasteiger partial charge is 0.481 e. The van der Waals surface area contributed by atoms with E-state index in [1.54, 1.807) is 66.0 Å². The molecule has 0 bridgehead atoms. The van der Waals surface area contributed by atoms with Gasteiger partial charge in [-0.15, -0.1) is 0 Å². The molecule has 0 saturated carbocycles. The number of aliphatic hydroxyl groups excluding tert-OH is 4. The van der Waals surface area contributed by atoms with Gasteiger partial charge in [-0.05, 0) is 109 Å². The standard InChI is InChI=1S/C10H21NO.C9H13N3O3.C8H13N3O3S.C8H11N3O3.C8H15NO3.C7H11N3O3S.C7H10N2O2.2C6H13NO2/c1-4-5-6-7-8-10(11-3)9(2)12;1-6(13)8(12-9(14)15-2)3-7-4-10-5-11-7;1-6(12)8(11-15(2,13)14)3-7-4-9-5-10-7;12-3-7(11-8(14)4-13)1-6-2-9-5-10-6;1-6(10)7(9-2)4-3-5-8(11)12;1-14(12,13)10-7(4-11)2-6-3-8-5-9-6;1-5(10)7(11)2-6-3-8-4-9-6;1-5(9)6(7-2)3-4-8;1-4(8)6(7-3)5(2)9/h10-11H,4-8H2,1-3H3;4-5,8H,3H2,1-2H3,(H,10,11)(H,12,14);4-5,8,11H,3H2,1-2H3,(H,9,10);2-3,5,7,13H,1,4H2,(H,9,10)(H,11,14);7,9H,3-5H2,1-2H3,(H,11,12);3-5,7,10H,2H2,1H3,(H,8,9);3-4,7,11H,2H2,1H3,(H,8,9);6-8H,3-4H2,1-2H3;4,6-8H,1-3H3/t10-;2*8-;4*7-;6-;4-,6+/m000000001/s1. The molecule has 18 N–H and O–H groups in total. The summed E-state index contributed by atoms with van der Waals surface area (Å²) in [6.45, 7) is 13.5. The van der Waals surface area contributed by atoms with Gasteiger partial charge >= 0.3 is 12.1 Å². The van der Waals surface area contributed by atoms with Gasteiger partial charge in [0.15, 0.2) is 11.6 Å². The van der Waals surface area contributed by atoms with E-state index in [0.29, 0.717) is 62.5 Å². The fourth-order valence-electron chi connectivity index (χ4n) is 8.85. The van der Waals surface area contributed by atoms with E-state index < -0.39 is 87.0 Å². The van der Waals surface area contributed by atoms with Gasteiger partial charge in [0.2, 0.25) is 26.0 Å². The SMILES string of the molecule is CC(=O)[C@@H](O)Cc1cnc[nH]1.CC(=O)[C@H](Cc1cnc[nH]1)NS(C)(=O)=O.CCCCCC[C@H](NC)C(C)=O.CN[C@@H](CCCC(=O)O)C(C)=O.CN[C@@H](CCO)C(C)=O.CN[C@H](C(C)=O)[C@@H](C)O.COC(=O)N[C@@H](Cc1cnc[nH]1)C(C)=O.CS(=O)(=O)N[C@H](C=O)Cc1cnc[nH]1.O=C[C@H](Cc1cnc[nH]1)NC(=O)CO. The number of alkyl carbamates (subject to hydrolysis) is 1. The third-order valence-electron chi connectivity index (χ3n) is 14.8. The van der Waals surface area contributed by atoms with Crippen LogP contribution < -0.4 is 41.3 Å². The predicted molar refractivity (Wildman–Crippen MR) is 411 cm³/mol. The predicted octanol–water partition coefficient (Wildman–Crippen LogP) is -1.03. The maximum absolute atomic E-state index is 11.2. The van der Waals surface area contributed by atoms with Crippen molar-refractivity contribution in [1.29, 1.82) is 0 Å². The van der Waals surface area contributed by atoms with E-state index >= 15 is 0 Å². The molecule has 0 fully saturated rings. The molecule has 40 nitrogen and oxygen atoms in total. The number of amides is 2. The van der Waals surface area contributed by atoms with Gasteiger partial charge in [-0.2, -0.15) is 0 Å². The number of hydrogen-bond donors (Lipinski definition) is 18. The Bertz CT molecular complexity index is 3570. The number of ether oxygens (including phenoxy) is 1. The van der Waals surface area contributed by atoms with Gasteiger partial charge in [0.05, 0.1) is 106 Å². The molecule has 0 spiro atoms.